The summed E-state index contributed by atoms with van der Waals surface area (Å²) in [5.74, 6) is 3.88. The molecular weight excluding hydrogens is 433 g/mol. The molecule has 2 heterocycles. The number of aromatic nitrogens is 2. The SMILES string of the molecule is CCNC(=NCc1nccn1CC(C)C)N1CCSC(CC)C1.I. The third kappa shape index (κ3) is 6.46. The molecule has 1 unspecified atom stereocenters. The van der Waals surface area contributed by atoms with E-state index in [0.717, 1.165) is 43.2 Å². The third-order valence-corrected chi connectivity index (χ3v) is 5.33. The Hall–Kier alpha value is -0.440. The van der Waals surface area contributed by atoms with Crippen LogP contribution in [0.15, 0.2) is 17.4 Å². The molecule has 0 aliphatic carbocycles. The first-order chi connectivity index (χ1) is 11.1. The summed E-state index contributed by atoms with van der Waals surface area (Å²) in [7, 11) is 0. The maximum Gasteiger partial charge on any atom is 0.194 e. The fraction of sp³-hybridized carbons (Fsp3) is 0.765. The van der Waals surface area contributed by atoms with E-state index in [4.69, 9.17) is 4.99 Å². The van der Waals surface area contributed by atoms with Crippen LogP contribution < -0.4 is 5.32 Å². The van der Waals surface area contributed by atoms with Crippen molar-refractivity contribution < 1.29 is 0 Å². The highest BCUT2D eigenvalue weighted by Gasteiger charge is 2.21. The molecule has 5 nitrogen and oxygen atoms in total. The lowest BCUT2D eigenvalue weighted by Gasteiger charge is -2.34. The lowest BCUT2D eigenvalue weighted by molar-refractivity contribution is 0.407. The number of nitrogens with zero attached hydrogens (tertiary/aromatic N) is 4. The zero-order valence-corrected chi connectivity index (χ0v) is 18.5. The molecule has 0 amide bonds. The Morgan fingerprint density at radius 1 is 1.46 bits per heavy atom. The first-order valence-corrected chi connectivity index (χ1v) is 9.83. The van der Waals surface area contributed by atoms with Crippen LogP contribution in [0.2, 0.25) is 0 Å². The Labute approximate surface area is 168 Å². The Morgan fingerprint density at radius 3 is 2.92 bits per heavy atom. The Morgan fingerprint density at radius 2 is 2.25 bits per heavy atom. The van der Waals surface area contributed by atoms with Crippen molar-refractivity contribution in [2.75, 3.05) is 25.4 Å². The van der Waals surface area contributed by atoms with Crippen LogP contribution in [0.25, 0.3) is 0 Å². The number of aliphatic imine (C=N–C) groups is 1. The normalized spacial score (nSPS) is 18.6. The van der Waals surface area contributed by atoms with Crippen LogP contribution in [-0.2, 0) is 13.1 Å². The minimum atomic E-state index is 0. The van der Waals surface area contributed by atoms with Crippen molar-refractivity contribution in [2.45, 2.75) is 52.5 Å². The summed E-state index contributed by atoms with van der Waals surface area (Å²) >= 11 is 2.09. The number of nitrogens with one attached hydrogen (secondary N) is 1. The van der Waals surface area contributed by atoms with Gasteiger partial charge in [-0.15, -0.1) is 24.0 Å². The van der Waals surface area contributed by atoms with Crippen LogP contribution in [0, 0.1) is 5.92 Å². The van der Waals surface area contributed by atoms with Crippen molar-refractivity contribution >= 4 is 41.7 Å². The first-order valence-electron chi connectivity index (χ1n) is 8.78. The summed E-state index contributed by atoms with van der Waals surface area (Å²) in [6.45, 7) is 13.6. The average molecular weight is 465 g/mol. The summed E-state index contributed by atoms with van der Waals surface area (Å²) in [4.78, 5) is 11.7. The van der Waals surface area contributed by atoms with E-state index in [1.165, 1.54) is 12.2 Å². The second-order valence-electron chi connectivity index (χ2n) is 6.41. The molecule has 0 aromatic carbocycles. The minimum Gasteiger partial charge on any atom is -0.357 e. The second kappa shape index (κ2) is 11.2. The molecule has 0 saturated carbocycles. The van der Waals surface area contributed by atoms with Crippen LogP contribution in [0.5, 0.6) is 0 Å². The predicted octanol–water partition coefficient (Wildman–Crippen LogP) is 3.45. The van der Waals surface area contributed by atoms with Gasteiger partial charge < -0.3 is 14.8 Å². The molecule has 7 heteroatoms. The van der Waals surface area contributed by atoms with Crippen LogP contribution in [-0.4, -0.2) is 51.0 Å². The van der Waals surface area contributed by atoms with Crippen molar-refractivity contribution in [1.82, 2.24) is 19.8 Å². The van der Waals surface area contributed by atoms with E-state index in [1.807, 2.05) is 6.20 Å². The zero-order chi connectivity index (χ0) is 16.7. The van der Waals surface area contributed by atoms with Gasteiger partial charge in [0.2, 0.25) is 0 Å². The molecule has 1 aromatic rings. The van der Waals surface area contributed by atoms with E-state index in [0.29, 0.717) is 12.5 Å². The summed E-state index contributed by atoms with van der Waals surface area (Å²) in [5, 5.41) is 4.17. The van der Waals surface area contributed by atoms with E-state index in [-0.39, 0.29) is 24.0 Å². The lowest BCUT2D eigenvalue weighted by Crippen LogP contribution is -2.48. The van der Waals surface area contributed by atoms with Crippen molar-refractivity contribution in [3.8, 4) is 0 Å². The van der Waals surface area contributed by atoms with Crippen molar-refractivity contribution in [2.24, 2.45) is 10.9 Å². The topological polar surface area (TPSA) is 45.5 Å². The smallest absolute Gasteiger partial charge is 0.194 e. The van der Waals surface area contributed by atoms with Crippen molar-refractivity contribution in [3.63, 3.8) is 0 Å². The molecule has 1 atom stereocenters. The quantitative estimate of drug-likeness (QED) is 0.397. The van der Waals surface area contributed by atoms with Crippen LogP contribution >= 0.6 is 35.7 Å². The fourth-order valence-corrected chi connectivity index (χ4v) is 3.96. The number of rotatable bonds is 6. The summed E-state index contributed by atoms with van der Waals surface area (Å²) < 4.78 is 2.22. The maximum atomic E-state index is 4.86. The fourth-order valence-electron chi connectivity index (χ4n) is 2.78. The third-order valence-electron chi connectivity index (χ3n) is 3.96. The highest BCUT2D eigenvalue weighted by Crippen LogP contribution is 2.21. The monoisotopic (exact) mass is 465 g/mol. The van der Waals surface area contributed by atoms with E-state index in [9.17, 15) is 0 Å². The molecule has 1 fully saturated rings. The molecule has 1 aliphatic heterocycles. The van der Waals surface area contributed by atoms with E-state index < -0.39 is 0 Å². The van der Waals surface area contributed by atoms with Crippen LogP contribution in [0.3, 0.4) is 0 Å². The van der Waals surface area contributed by atoms with Crippen molar-refractivity contribution in [1.29, 1.82) is 0 Å². The lowest BCUT2D eigenvalue weighted by atomic mass is 10.2. The molecule has 0 bridgehead atoms. The predicted molar refractivity (Wildman–Crippen MR) is 115 cm³/mol. The Balaban J connectivity index is 0.00000288. The van der Waals surface area contributed by atoms with Gasteiger partial charge in [0.15, 0.2) is 5.96 Å². The summed E-state index contributed by atoms with van der Waals surface area (Å²) in [6.07, 6.45) is 5.16. The van der Waals surface area contributed by atoms with Gasteiger partial charge in [-0.3, -0.25) is 0 Å². The molecule has 0 radical (unpaired) electrons. The Kier molecular flexibility index (Phi) is 10.1. The number of hydrogen-bond acceptors (Lipinski definition) is 3. The van der Waals surface area contributed by atoms with E-state index >= 15 is 0 Å². The largest absolute Gasteiger partial charge is 0.357 e. The van der Waals surface area contributed by atoms with Crippen LogP contribution in [0.1, 0.15) is 39.9 Å². The molecule has 138 valence electrons. The van der Waals surface area contributed by atoms with Gasteiger partial charge in [0.25, 0.3) is 0 Å². The summed E-state index contributed by atoms with van der Waals surface area (Å²) in [6, 6.07) is 0. The maximum absolute atomic E-state index is 4.86. The van der Waals surface area contributed by atoms with Crippen molar-refractivity contribution in [3.05, 3.63) is 18.2 Å². The molecule has 24 heavy (non-hydrogen) atoms. The first kappa shape index (κ1) is 21.6. The number of guanidine groups is 1. The number of hydrogen-bond donors (Lipinski definition) is 1. The summed E-state index contributed by atoms with van der Waals surface area (Å²) in [5.41, 5.74) is 0. The standard InChI is InChI=1S/C17H31N5S.HI/c1-5-15-13-22(9-10-23-15)17(18-6-2)20-11-16-19-7-8-21(16)12-14(3)4;/h7-8,14-15H,5-6,9-13H2,1-4H3,(H,18,20);1H. The van der Waals surface area contributed by atoms with Gasteiger partial charge in [-0.2, -0.15) is 11.8 Å². The molecule has 1 saturated heterocycles. The van der Waals surface area contributed by atoms with Crippen LogP contribution in [0.4, 0.5) is 0 Å². The van der Waals surface area contributed by atoms with Gasteiger partial charge in [-0.1, -0.05) is 20.8 Å². The van der Waals surface area contributed by atoms with E-state index in [1.54, 1.807) is 0 Å². The van der Waals surface area contributed by atoms with E-state index in [2.05, 4.69) is 65.4 Å². The number of imidazole rings is 1. The highest BCUT2D eigenvalue weighted by atomic mass is 127. The van der Waals surface area contributed by atoms with Gasteiger partial charge in [0.1, 0.15) is 12.4 Å². The molecule has 1 aromatic heterocycles. The second-order valence-corrected chi connectivity index (χ2v) is 7.82. The Bertz CT molecular complexity index is 503. The van der Waals surface area contributed by atoms with Gasteiger partial charge in [0, 0.05) is 49.6 Å². The van der Waals surface area contributed by atoms with Gasteiger partial charge in [-0.05, 0) is 19.3 Å². The van der Waals surface area contributed by atoms with Gasteiger partial charge in [0.05, 0.1) is 0 Å². The molecule has 0 spiro atoms. The molecule has 2 rings (SSSR count). The number of halogens is 1. The molecule has 1 aliphatic rings. The molecular formula is C17H32IN5S. The highest BCUT2D eigenvalue weighted by molar-refractivity contribution is 14.0. The zero-order valence-electron chi connectivity index (χ0n) is 15.4. The number of thioether (sulfide) groups is 1. The molecule has 1 N–H and O–H groups in total. The van der Waals surface area contributed by atoms with Gasteiger partial charge in [-0.25, -0.2) is 9.98 Å². The van der Waals surface area contributed by atoms with Gasteiger partial charge >= 0.3 is 0 Å². The average Bonchev–Trinajstić information content (AvgIpc) is 2.98. The minimum absolute atomic E-state index is 0.